The van der Waals surface area contributed by atoms with E-state index in [-0.39, 0.29) is 5.91 Å². The van der Waals surface area contributed by atoms with Crippen LogP contribution in [-0.4, -0.2) is 19.1 Å². The Kier molecular flexibility index (Phi) is 2.73. The predicted molar refractivity (Wildman–Crippen MR) is 68.2 cm³/mol. The van der Waals surface area contributed by atoms with E-state index in [9.17, 15) is 4.79 Å². The Balaban J connectivity index is 2.42. The summed E-state index contributed by atoms with van der Waals surface area (Å²) < 4.78 is 5.53. The first kappa shape index (κ1) is 11.8. The number of anilines is 2. The second kappa shape index (κ2) is 3.95. The second-order valence-electron chi connectivity index (χ2n) is 5.25. The van der Waals surface area contributed by atoms with Crippen molar-refractivity contribution in [2.45, 2.75) is 20.8 Å². The molecule has 4 heteroatoms. The number of nitrogens with zero attached hydrogens (tertiary/aromatic N) is 1. The van der Waals surface area contributed by atoms with E-state index in [2.05, 4.69) is 0 Å². The summed E-state index contributed by atoms with van der Waals surface area (Å²) in [6, 6.07) is 5.49. The number of nitrogen functional groups attached to an aromatic ring is 1. The van der Waals surface area contributed by atoms with Crippen molar-refractivity contribution >= 4 is 17.3 Å². The van der Waals surface area contributed by atoms with Crippen LogP contribution in [0.25, 0.3) is 0 Å². The Morgan fingerprint density at radius 2 is 2.12 bits per heavy atom. The van der Waals surface area contributed by atoms with Crippen LogP contribution in [0.4, 0.5) is 11.4 Å². The number of benzene rings is 1. The third-order valence-electron chi connectivity index (χ3n) is 2.76. The maximum Gasteiger partial charge on any atom is 0.232 e. The van der Waals surface area contributed by atoms with Gasteiger partial charge in [-0.15, -0.1) is 0 Å². The quantitative estimate of drug-likeness (QED) is 0.699. The van der Waals surface area contributed by atoms with Gasteiger partial charge in [-0.05, 0) is 12.1 Å². The zero-order valence-corrected chi connectivity index (χ0v) is 10.5. The van der Waals surface area contributed by atoms with Gasteiger partial charge in [-0.1, -0.05) is 26.8 Å². The summed E-state index contributed by atoms with van der Waals surface area (Å²) in [6.07, 6.45) is 0. The molecule has 1 aliphatic heterocycles. The van der Waals surface area contributed by atoms with Gasteiger partial charge < -0.3 is 15.4 Å². The van der Waals surface area contributed by atoms with Gasteiger partial charge in [0.05, 0.1) is 17.9 Å². The van der Waals surface area contributed by atoms with Crippen LogP contribution in [0.1, 0.15) is 20.8 Å². The molecule has 1 aromatic rings. The third kappa shape index (κ3) is 2.07. The minimum absolute atomic E-state index is 0.0904. The normalized spacial score (nSPS) is 15.1. The monoisotopic (exact) mass is 234 g/mol. The highest BCUT2D eigenvalue weighted by Crippen LogP contribution is 2.38. The van der Waals surface area contributed by atoms with Crippen molar-refractivity contribution in [3.05, 3.63) is 18.2 Å². The summed E-state index contributed by atoms with van der Waals surface area (Å²) >= 11 is 0. The van der Waals surface area contributed by atoms with Crippen LogP contribution in [0.15, 0.2) is 18.2 Å². The second-order valence-corrected chi connectivity index (χ2v) is 5.25. The van der Waals surface area contributed by atoms with Gasteiger partial charge in [0.2, 0.25) is 5.91 Å². The van der Waals surface area contributed by atoms with Gasteiger partial charge in [0.25, 0.3) is 0 Å². The van der Waals surface area contributed by atoms with Crippen molar-refractivity contribution in [2.24, 2.45) is 5.41 Å². The summed E-state index contributed by atoms with van der Waals surface area (Å²) in [7, 11) is 0. The molecule has 2 rings (SSSR count). The molecule has 0 saturated carbocycles. The van der Waals surface area contributed by atoms with Gasteiger partial charge in [-0.25, -0.2) is 0 Å². The number of para-hydroxylation sites is 1. The molecule has 0 bridgehead atoms. The molecule has 1 aliphatic rings. The summed E-state index contributed by atoms with van der Waals surface area (Å²) in [5, 5.41) is 0. The average molecular weight is 234 g/mol. The van der Waals surface area contributed by atoms with Crippen LogP contribution < -0.4 is 15.4 Å². The first-order valence-electron chi connectivity index (χ1n) is 5.74. The summed E-state index contributed by atoms with van der Waals surface area (Å²) in [5.41, 5.74) is 6.80. The van der Waals surface area contributed by atoms with Gasteiger partial charge in [-0.3, -0.25) is 4.79 Å². The van der Waals surface area contributed by atoms with E-state index in [1.807, 2.05) is 32.9 Å². The summed E-state index contributed by atoms with van der Waals surface area (Å²) in [5.74, 6) is 0.712. The lowest BCUT2D eigenvalue weighted by molar-refractivity contribution is -0.126. The standard InChI is InChI=1S/C13H18N2O2/c1-13(2,3)12(16)15-7-8-17-11-9(14)5-4-6-10(11)15/h4-6H,7-8,14H2,1-3H3. The smallest absolute Gasteiger partial charge is 0.232 e. The number of fused-ring (bicyclic) bond motifs is 1. The molecule has 4 nitrogen and oxygen atoms in total. The Morgan fingerprint density at radius 1 is 1.41 bits per heavy atom. The average Bonchev–Trinajstić information content (AvgIpc) is 2.27. The maximum atomic E-state index is 12.3. The van der Waals surface area contributed by atoms with E-state index >= 15 is 0 Å². The van der Waals surface area contributed by atoms with Crippen LogP contribution in [0.5, 0.6) is 5.75 Å². The fourth-order valence-electron chi connectivity index (χ4n) is 1.89. The van der Waals surface area contributed by atoms with Gasteiger partial charge in [0, 0.05) is 5.41 Å². The third-order valence-corrected chi connectivity index (χ3v) is 2.76. The van der Waals surface area contributed by atoms with Crippen LogP contribution in [0.2, 0.25) is 0 Å². The van der Waals surface area contributed by atoms with Crippen molar-refractivity contribution in [2.75, 3.05) is 23.8 Å². The molecule has 0 saturated heterocycles. The zero-order chi connectivity index (χ0) is 12.6. The minimum atomic E-state index is -0.404. The largest absolute Gasteiger partial charge is 0.487 e. The van der Waals surface area contributed by atoms with Crippen molar-refractivity contribution in [3.8, 4) is 5.75 Å². The number of nitrogens with two attached hydrogens (primary N) is 1. The van der Waals surface area contributed by atoms with Crippen LogP contribution in [-0.2, 0) is 4.79 Å². The highest BCUT2D eigenvalue weighted by molar-refractivity contribution is 5.99. The minimum Gasteiger partial charge on any atom is -0.487 e. The van der Waals surface area contributed by atoms with E-state index < -0.39 is 5.41 Å². The number of carbonyl (C=O) groups excluding carboxylic acids is 1. The van der Waals surface area contributed by atoms with E-state index in [4.69, 9.17) is 10.5 Å². The molecule has 17 heavy (non-hydrogen) atoms. The lowest BCUT2D eigenvalue weighted by Crippen LogP contribution is -2.44. The molecular formula is C13H18N2O2. The molecule has 2 N–H and O–H groups in total. The highest BCUT2D eigenvalue weighted by Gasteiger charge is 2.32. The number of rotatable bonds is 0. The molecule has 1 aromatic carbocycles. The van der Waals surface area contributed by atoms with Crippen LogP contribution >= 0.6 is 0 Å². The summed E-state index contributed by atoms with van der Waals surface area (Å²) in [4.78, 5) is 14.1. The number of carbonyl (C=O) groups is 1. The number of hydrogen-bond donors (Lipinski definition) is 1. The van der Waals surface area contributed by atoms with Gasteiger partial charge in [0.1, 0.15) is 6.61 Å². The summed E-state index contributed by atoms with van der Waals surface area (Å²) in [6.45, 7) is 6.81. The van der Waals surface area contributed by atoms with Crippen molar-refractivity contribution < 1.29 is 9.53 Å². The molecule has 0 aliphatic carbocycles. The van der Waals surface area contributed by atoms with Crippen molar-refractivity contribution in [1.82, 2.24) is 0 Å². The number of hydrogen-bond acceptors (Lipinski definition) is 3. The molecule has 0 radical (unpaired) electrons. The molecule has 0 aromatic heterocycles. The molecule has 1 heterocycles. The lowest BCUT2D eigenvalue weighted by atomic mass is 9.94. The Bertz CT molecular complexity index is 449. The van der Waals surface area contributed by atoms with E-state index in [1.165, 1.54) is 0 Å². The zero-order valence-electron chi connectivity index (χ0n) is 10.5. The fraction of sp³-hybridized carbons (Fsp3) is 0.462. The SMILES string of the molecule is CC(C)(C)C(=O)N1CCOc2c(N)cccc21. The molecule has 0 spiro atoms. The highest BCUT2D eigenvalue weighted by atomic mass is 16.5. The molecule has 0 atom stereocenters. The van der Waals surface area contributed by atoms with Gasteiger partial charge >= 0.3 is 0 Å². The number of amides is 1. The lowest BCUT2D eigenvalue weighted by Gasteiger charge is -2.34. The number of ether oxygens (including phenoxy) is 1. The molecular weight excluding hydrogens is 216 g/mol. The Hall–Kier alpha value is -1.71. The Labute approximate surface area is 101 Å². The van der Waals surface area contributed by atoms with E-state index in [0.29, 0.717) is 24.6 Å². The fourth-order valence-corrected chi connectivity index (χ4v) is 1.89. The van der Waals surface area contributed by atoms with Crippen molar-refractivity contribution in [3.63, 3.8) is 0 Å². The molecule has 0 unspecified atom stereocenters. The van der Waals surface area contributed by atoms with Crippen LogP contribution in [0.3, 0.4) is 0 Å². The predicted octanol–water partition coefficient (Wildman–Crippen LogP) is 2.04. The van der Waals surface area contributed by atoms with E-state index in [0.717, 1.165) is 5.69 Å². The molecule has 0 fully saturated rings. The van der Waals surface area contributed by atoms with E-state index in [1.54, 1.807) is 11.0 Å². The van der Waals surface area contributed by atoms with Crippen molar-refractivity contribution in [1.29, 1.82) is 0 Å². The molecule has 92 valence electrons. The molecule has 1 amide bonds. The van der Waals surface area contributed by atoms with Gasteiger partial charge in [-0.2, -0.15) is 0 Å². The van der Waals surface area contributed by atoms with Gasteiger partial charge in [0.15, 0.2) is 5.75 Å². The Morgan fingerprint density at radius 3 is 2.76 bits per heavy atom. The first-order chi connectivity index (χ1) is 7.91. The first-order valence-corrected chi connectivity index (χ1v) is 5.74. The topological polar surface area (TPSA) is 55.6 Å². The maximum absolute atomic E-state index is 12.3. The van der Waals surface area contributed by atoms with Crippen LogP contribution in [0, 0.1) is 5.41 Å².